The molecule has 6 nitrogen and oxygen atoms in total. The Kier molecular flexibility index (Phi) is 7.35. The molecule has 4 aromatic rings. The highest BCUT2D eigenvalue weighted by Crippen LogP contribution is 2.44. The predicted molar refractivity (Wildman–Crippen MR) is 141 cm³/mol. The molecule has 0 fully saturated rings. The SMILES string of the molecule is O=C(NC(Cc1ccc(OCc2ccc(F)cc2)cc1)C(=O)O)OCC1c2ccccc2-c2ccccc21. The zero-order valence-electron chi connectivity index (χ0n) is 20.5. The smallest absolute Gasteiger partial charge is 0.407 e. The lowest BCUT2D eigenvalue weighted by Crippen LogP contribution is -2.42. The van der Waals surface area contributed by atoms with Crippen molar-refractivity contribution in [1.82, 2.24) is 5.32 Å². The molecule has 1 unspecified atom stereocenters. The van der Waals surface area contributed by atoms with Crippen molar-refractivity contribution in [3.8, 4) is 16.9 Å². The first-order valence-electron chi connectivity index (χ1n) is 12.3. The molecule has 0 heterocycles. The van der Waals surface area contributed by atoms with Crippen LogP contribution in [0.15, 0.2) is 97.1 Å². The molecule has 192 valence electrons. The second-order valence-electron chi connectivity index (χ2n) is 9.12. The van der Waals surface area contributed by atoms with Crippen LogP contribution in [0, 0.1) is 5.82 Å². The number of aliphatic carboxylic acids is 1. The fourth-order valence-corrected chi connectivity index (χ4v) is 4.69. The molecule has 0 aliphatic heterocycles. The quantitative estimate of drug-likeness (QED) is 0.291. The summed E-state index contributed by atoms with van der Waals surface area (Å²) in [6.07, 6.45) is -0.698. The van der Waals surface area contributed by atoms with Crippen molar-refractivity contribution in [3.63, 3.8) is 0 Å². The molecule has 0 saturated heterocycles. The van der Waals surface area contributed by atoms with Gasteiger partial charge in [0.2, 0.25) is 0 Å². The highest BCUT2D eigenvalue weighted by molar-refractivity contribution is 5.81. The van der Waals surface area contributed by atoms with Crippen LogP contribution >= 0.6 is 0 Å². The van der Waals surface area contributed by atoms with E-state index in [1.165, 1.54) is 12.1 Å². The summed E-state index contributed by atoms with van der Waals surface area (Å²) in [5.41, 5.74) is 5.94. The monoisotopic (exact) mass is 511 g/mol. The molecule has 5 rings (SSSR count). The first kappa shape index (κ1) is 25.0. The van der Waals surface area contributed by atoms with Gasteiger partial charge in [0.1, 0.15) is 30.8 Å². The topological polar surface area (TPSA) is 84.9 Å². The number of carbonyl (C=O) groups is 2. The first-order valence-corrected chi connectivity index (χ1v) is 12.3. The van der Waals surface area contributed by atoms with Gasteiger partial charge in [0, 0.05) is 12.3 Å². The van der Waals surface area contributed by atoms with Gasteiger partial charge in [-0.1, -0.05) is 72.8 Å². The van der Waals surface area contributed by atoms with Gasteiger partial charge in [0.05, 0.1) is 0 Å². The average Bonchev–Trinajstić information content (AvgIpc) is 3.25. The van der Waals surface area contributed by atoms with Crippen molar-refractivity contribution in [2.45, 2.75) is 25.0 Å². The number of carbonyl (C=O) groups excluding carboxylic acids is 1. The molecule has 0 bridgehead atoms. The number of amides is 1. The first-order chi connectivity index (χ1) is 18.5. The Hall–Kier alpha value is -4.65. The van der Waals surface area contributed by atoms with Gasteiger partial charge in [-0.25, -0.2) is 14.0 Å². The van der Waals surface area contributed by atoms with Gasteiger partial charge in [0.15, 0.2) is 0 Å². The number of fused-ring (bicyclic) bond motifs is 3. The van der Waals surface area contributed by atoms with Crippen LogP contribution in [0.25, 0.3) is 11.1 Å². The normalized spacial score (nSPS) is 12.8. The van der Waals surface area contributed by atoms with Gasteiger partial charge in [-0.2, -0.15) is 0 Å². The molecule has 7 heteroatoms. The van der Waals surface area contributed by atoms with Crippen molar-refractivity contribution in [2.24, 2.45) is 0 Å². The minimum absolute atomic E-state index is 0.0811. The van der Waals surface area contributed by atoms with Crippen LogP contribution in [0.3, 0.4) is 0 Å². The number of ether oxygens (including phenoxy) is 2. The second kappa shape index (κ2) is 11.2. The van der Waals surface area contributed by atoms with Crippen molar-refractivity contribution in [1.29, 1.82) is 0 Å². The Balaban J connectivity index is 1.16. The molecule has 4 aromatic carbocycles. The zero-order chi connectivity index (χ0) is 26.5. The molecular weight excluding hydrogens is 485 g/mol. The minimum Gasteiger partial charge on any atom is -0.489 e. The molecule has 1 aliphatic carbocycles. The van der Waals surface area contributed by atoms with Crippen LogP contribution in [0.2, 0.25) is 0 Å². The summed E-state index contributed by atoms with van der Waals surface area (Å²) in [6, 6.07) is 27.8. The van der Waals surface area contributed by atoms with Gasteiger partial charge in [-0.05, 0) is 57.6 Å². The van der Waals surface area contributed by atoms with Gasteiger partial charge in [-0.3, -0.25) is 0 Å². The van der Waals surface area contributed by atoms with Gasteiger partial charge in [-0.15, -0.1) is 0 Å². The van der Waals surface area contributed by atoms with Crippen LogP contribution in [-0.4, -0.2) is 29.8 Å². The summed E-state index contributed by atoms with van der Waals surface area (Å²) < 4.78 is 24.2. The van der Waals surface area contributed by atoms with E-state index in [1.54, 1.807) is 36.4 Å². The molecule has 0 radical (unpaired) electrons. The van der Waals surface area contributed by atoms with Crippen molar-refractivity contribution in [3.05, 3.63) is 125 Å². The fourth-order valence-electron chi connectivity index (χ4n) is 4.69. The number of hydrogen-bond acceptors (Lipinski definition) is 4. The third-order valence-electron chi connectivity index (χ3n) is 6.62. The van der Waals surface area contributed by atoms with Crippen molar-refractivity contribution < 1.29 is 28.6 Å². The van der Waals surface area contributed by atoms with Gasteiger partial charge < -0.3 is 19.9 Å². The largest absolute Gasteiger partial charge is 0.489 e. The molecule has 1 amide bonds. The third kappa shape index (κ3) is 5.67. The molecule has 2 N–H and O–H groups in total. The summed E-state index contributed by atoms with van der Waals surface area (Å²) in [7, 11) is 0. The predicted octanol–water partition coefficient (Wildman–Crippen LogP) is 5.94. The highest BCUT2D eigenvalue weighted by Gasteiger charge is 2.29. The lowest BCUT2D eigenvalue weighted by molar-refractivity contribution is -0.139. The number of carboxylic acid groups (broad SMARTS) is 1. The number of alkyl carbamates (subject to hydrolysis) is 1. The fraction of sp³-hybridized carbons (Fsp3) is 0.161. The van der Waals surface area contributed by atoms with E-state index in [-0.39, 0.29) is 31.4 Å². The second-order valence-corrected chi connectivity index (χ2v) is 9.12. The Morgan fingerprint density at radius 2 is 1.39 bits per heavy atom. The lowest BCUT2D eigenvalue weighted by Gasteiger charge is -2.17. The van der Waals surface area contributed by atoms with E-state index >= 15 is 0 Å². The van der Waals surface area contributed by atoms with Crippen LogP contribution in [0.4, 0.5) is 9.18 Å². The molecule has 0 spiro atoms. The number of rotatable bonds is 9. The van der Waals surface area contributed by atoms with Crippen molar-refractivity contribution >= 4 is 12.1 Å². The molecule has 0 aromatic heterocycles. The molecular formula is C31H26FNO5. The maximum absolute atomic E-state index is 13.0. The number of benzene rings is 4. The molecule has 0 saturated carbocycles. The van der Waals surface area contributed by atoms with Crippen LogP contribution in [0.5, 0.6) is 5.75 Å². The Morgan fingerprint density at radius 1 is 0.816 bits per heavy atom. The summed E-state index contributed by atoms with van der Waals surface area (Å²) in [5.74, 6) is -0.985. The van der Waals surface area contributed by atoms with E-state index in [2.05, 4.69) is 5.32 Å². The van der Waals surface area contributed by atoms with E-state index in [9.17, 15) is 19.1 Å². The highest BCUT2D eigenvalue weighted by atomic mass is 19.1. The average molecular weight is 512 g/mol. The summed E-state index contributed by atoms with van der Waals surface area (Å²) in [5, 5.41) is 12.2. The maximum atomic E-state index is 13.0. The van der Waals surface area contributed by atoms with Crippen LogP contribution in [-0.2, 0) is 22.6 Å². The summed E-state index contributed by atoms with van der Waals surface area (Å²) in [6.45, 7) is 0.382. The third-order valence-corrected chi connectivity index (χ3v) is 6.62. The van der Waals surface area contributed by atoms with E-state index in [0.717, 1.165) is 27.8 Å². The Bertz CT molecular complexity index is 1390. The number of halogens is 1. The van der Waals surface area contributed by atoms with Gasteiger partial charge in [0.25, 0.3) is 0 Å². The molecule has 1 aliphatic rings. The Morgan fingerprint density at radius 3 is 2.00 bits per heavy atom. The summed E-state index contributed by atoms with van der Waals surface area (Å²) in [4.78, 5) is 24.4. The molecule has 38 heavy (non-hydrogen) atoms. The zero-order valence-corrected chi connectivity index (χ0v) is 20.5. The number of nitrogens with one attached hydrogen (secondary N) is 1. The minimum atomic E-state index is -1.16. The van der Waals surface area contributed by atoms with Crippen molar-refractivity contribution in [2.75, 3.05) is 6.61 Å². The number of carboxylic acids is 1. The molecule has 1 atom stereocenters. The van der Waals surface area contributed by atoms with Crippen LogP contribution in [0.1, 0.15) is 28.2 Å². The van der Waals surface area contributed by atoms with E-state index < -0.39 is 18.1 Å². The Labute approximate surface area is 219 Å². The van der Waals surface area contributed by atoms with E-state index in [0.29, 0.717) is 11.3 Å². The number of hydrogen-bond donors (Lipinski definition) is 2. The standard InChI is InChI=1S/C31H26FNO5/c32-22-13-9-21(10-14-22)18-37-23-15-11-20(12-16-23)17-29(30(34)35)33-31(36)38-19-28-26-7-3-1-5-24(26)25-6-2-4-8-27(25)28/h1-16,28-29H,17-19H2,(H,33,36)(H,34,35). The van der Waals surface area contributed by atoms with E-state index in [1.807, 2.05) is 48.5 Å². The summed E-state index contributed by atoms with van der Waals surface area (Å²) >= 11 is 0. The maximum Gasteiger partial charge on any atom is 0.407 e. The van der Waals surface area contributed by atoms with Gasteiger partial charge >= 0.3 is 12.1 Å². The lowest BCUT2D eigenvalue weighted by atomic mass is 9.98. The van der Waals surface area contributed by atoms with Crippen LogP contribution < -0.4 is 10.1 Å². The van der Waals surface area contributed by atoms with E-state index in [4.69, 9.17) is 9.47 Å².